The zero-order chi connectivity index (χ0) is 22.3. The van der Waals surface area contributed by atoms with Crippen LogP contribution in [0.15, 0.2) is 60.7 Å². The normalized spacial score (nSPS) is 21.5. The lowest BCUT2D eigenvalue weighted by atomic mass is 9.98. The molecule has 0 aliphatic carbocycles. The summed E-state index contributed by atoms with van der Waals surface area (Å²) in [4.78, 5) is 29.0. The number of carbonyl (C=O) groups is 2. The van der Waals surface area contributed by atoms with Gasteiger partial charge in [-0.15, -0.1) is 11.8 Å². The lowest BCUT2D eigenvalue weighted by Gasteiger charge is -2.37. The molecule has 0 bridgehead atoms. The van der Waals surface area contributed by atoms with Gasteiger partial charge in [0, 0.05) is 24.9 Å². The molecule has 2 amide bonds. The second-order valence-electron chi connectivity index (χ2n) is 8.19. The molecule has 0 unspecified atom stereocenters. The van der Waals surface area contributed by atoms with E-state index in [9.17, 15) is 9.59 Å². The number of benzene rings is 2. The third-order valence-corrected chi connectivity index (χ3v) is 7.03. The Kier molecular flexibility index (Phi) is 7.58. The number of rotatable bonds is 8. The molecule has 4 rings (SSSR count). The van der Waals surface area contributed by atoms with Gasteiger partial charge in [-0.3, -0.25) is 9.69 Å². The molecule has 2 aliphatic rings. The molecule has 0 aromatic heterocycles. The van der Waals surface area contributed by atoms with Crippen molar-refractivity contribution in [1.29, 1.82) is 0 Å². The maximum atomic E-state index is 12.6. The summed E-state index contributed by atoms with van der Waals surface area (Å²) in [6.07, 6.45) is 1.09. The molecule has 2 aromatic carbocycles. The molecule has 7 heteroatoms. The highest BCUT2D eigenvalue weighted by molar-refractivity contribution is 7.99. The number of hydrogen-bond acceptors (Lipinski definition) is 5. The summed E-state index contributed by atoms with van der Waals surface area (Å²) in [5, 5.41) is 0. The number of hydrogen-bond donors (Lipinski definition) is 0. The van der Waals surface area contributed by atoms with Gasteiger partial charge in [-0.25, -0.2) is 4.79 Å². The van der Waals surface area contributed by atoms with Crippen molar-refractivity contribution in [3.63, 3.8) is 0 Å². The minimum atomic E-state index is -0.245. The number of cyclic esters (lactones) is 1. The van der Waals surface area contributed by atoms with Crippen LogP contribution in [0.5, 0.6) is 5.75 Å². The topological polar surface area (TPSA) is 59.1 Å². The Bertz CT molecular complexity index is 887. The van der Waals surface area contributed by atoms with Crippen molar-refractivity contribution in [1.82, 2.24) is 9.80 Å². The van der Waals surface area contributed by atoms with Gasteiger partial charge in [0.05, 0.1) is 18.4 Å². The zero-order valence-corrected chi connectivity index (χ0v) is 19.2. The van der Waals surface area contributed by atoms with Crippen LogP contribution in [0.25, 0.3) is 0 Å². The fraction of sp³-hybridized carbons (Fsp3) is 0.440. The summed E-state index contributed by atoms with van der Waals surface area (Å²) >= 11 is 1.60. The van der Waals surface area contributed by atoms with E-state index in [4.69, 9.17) is 9.47 Å². The van der Waals surface area contributed by atoms with Crippen molar-refractivity contribution in [2.75, 3.05) is 31.2 Å². The number of likely N-dealkylation sites (tertiary alicyclic amines) is 1. The van der Waals surface area contributed by atoms with Crippen LogP contribution in [-0.2, 0) is 9.53 Å². The molecule has 0 radical (unpaired) electrons. The molecule has 2 aliphatic heterocycles. The van der Waals surface area contributed by atoms with Crippen LogP contribution in [-0.4, -0.2) is 65.1 Å². The van der Waals surface area contributed by atoms with Crippen molar-refractivity contribution in [3.8, 4) is 5.75 Å². The van der Waals surface area contributed by atoms with E-state index >= 15 is 0 Å². The number of ether oxygens (including phenoxy) is 2. The molecule has 0 N–H and O–H groups in total. The van der Waals surface area contributed by atoms with Crippen LogP contribution >= 0.6 is 11.8 Å². The highest BCUT2D eigenvalue weighted by Gasteiger charge is 2.44. The Morgan fingerprint density at radius 3 is 2.41 bits per heavy atom. The molecule has 170 valence electrons. The SMILES string of the molecule is C[C@H]1[C@@H](c2ccccc2)OC(=O)N1C1CCN(C(=O)CSCCOc2ccccc2)CC1. The third-order valence-electron chi connectivity index (χ3n) is 6.12. The highest BCUT2D eigenvalue weighted by Crippen LogP contribution is 2.35. The van der Waals surface area contributed by atoms with Gasteiger partial charge in [-0.2, -0.15) is 0 Å². The van der Waals surface area contributed by atoms with Crippen molar-refractivity contribution in [2.24, 2.45) is 0 Å². The number of para-hydroxylation sites is 1. The lowest BCUT2D eigenvalue weighted by molar-refractivity contribution is -0.129. The fourth-order valence-corrected chi connectivity index (χ4v) is 5.13. The summed E-state index contributed by atoms with van der Waals surface area (Å²) < 4.78 is 11.4. The number of nitrogens with zero attached hydrogens (tertiary/aromatic N) is 2. The molecular formula is C25H30N2O4S. The Morgan fingerprint density at radius 1 is 1.06 bits per heavy atom. The highest BCUT2D eigenvalue weighted by atomic mass is 32.2. The van der Waals surface area contributed by atoms with Gasteiger partial charge >= 0.3 is 6.09 Å². The van der Waals surface area contributed by atoms with Gasteiger partial charge in [0.1, 0.15) is 11.9 Å². The molecule has 0 saturated carbocycles. The number of piperidine rings is 1. The van der Waals surface area contributed by atoms with E-state index in [1.165, 1.54) is 0 Å². The minimum absolute atomic E-state index is 0.0164. The maximum absolute atomic E-state index is 12.6. The Balaban J connectivity index is 1.19. The maximum Gasteiger partial charge on any atom is 0.411 e. The van der Waals surface area contributed by atoms with Crippen LogP contribution in [0.2, 0.25) is 0 Å². The van der Waals surface area contributed by atoms with Crippen LogP contribution in [0.4, 0.5) is 4.79 Å². The first-order valence-corrected chi connectivity index (χ1v) is 12.4. The summed E-state index contributed by atoms with van der Waals surface area (Å²) in [7, 11) is 0. The molecule has 2 heterocycles. The first-order valence-electron chi connectivity index (χ1n) is 11.2. The Labute approximate surface area is 193 Å². The summed E-state index contributed by atoms with van der Waals surface area (Å²) in [5.74, 6) is 2.24. The molecule has 2 saturated heterocycles. The monoisotopic (exact) mass is 454 g/mol. The molecule has 2 fully saturated rings. The largest absolute Gasteiger partial charge is 0.493 e. The molecule has 0 spiro atoms. The Hall–Kier alpha value is -2.67. The van der Waals surface area contributed by atoms with Crippen LogP contribution in [0, 0.1) is 0 Å². The molecule has 32 heavy (non-hydrogen) atoms. The van der Waals surface area contributed by atoms with Crippen molar-refractivity contribution in [3.05, 3.63) is 66.2 Å². The number of carbonyl (C=O) groups excluding carboxylic acids is 2. The second kappa shape index (κ2) is 10.8. The van der Waals surface area contributed by atoms with Gasteiger partial charge in [-0.05, 0) is 37.5 Å². The average Bonchev–Trinajstić information content (AvgIpc) is 3.14. The van der Waals surface area contributed by atoms with Crippen LogP contribution < -0.4 is 4.74 Å². The van der Waals surface area contributed by atoms with E-state index < -0.39 is 0 Å². The molecule has 2 aromatic rings. The summed E-state index contributed by atoms with van der Waals surface area (Å²) in [6, 6.07) is 19.7. The second-order valence-corrected chi connectivity index (χ2v) is 9.29. The fourth-order valence-electron chi connectivity index (χ4n) is 4.43. The first-order chi connectivity index (χ1) is 15.6. The van der Waals surface area contributed by atoms with Crippen molar-refractivity contribution < 1.29 is 19.1 Å². The minimum Gasteiger partial charge on any atom is -0.493 e. The number of amides is 2. The van der Waals surface area contributed by atoms with Gasteiger partial charge in [0.25, 0.3) is 0 Å². The van der Waals surface area contributed by atoms with Gasteiger partial charge in [-0.1, -0.05) is 48.5 Å². The predicted octanol–water partition coefficient (Wildman–Crippen LogP) is 4.37. The van der Waals surface area contributed by atoms with E-state index in [1.807, 2.05) is 77.4 Å². The summed E-state index contributed by atoms with van der Waals surface area (Å²) in [5.41, 5.74) is 1.02. The van der Waals surface area contributed by atoms with E-state index in [1.54, 1.807) is 11.8 Å². The van der Waals surface area contributed by atoms with E-state index in [0.29, 0.717) is 25.4 Å². The standard InChI is InChI=1S/C25H30N2O4S/c1-19-24(20-8-4-2-5-9-20)31-25(29)27(19)21-12-14-26(15-13-21)23(28)18-32-17-16-30-22-10-6-3-7-11-22/h2-11,19,21,24H,12-18H2,1H3/t19-,24-/m0/s1. The molecule has 6 nitrogen and oxygen atoms in total. The first kappa shape index (κ1) is 22.5. The van der Waals surface area contributed by atoms with E-state index in [2.05, 4.69) is 0 Å². The quantitative estimate of drug-likeness (QED) is 0.555. The third kappa shape index (κ3) is 5.38. The van der Waals surface area contributed by atoms with Crippen LogP contribution in [0.1, 0.15) is 31.4 Å². The smallest absolute Gasteiger partial charge is 0.411 e. The Morgan fingerprint density at radius 2 is 1.72 bits per heavy atom. The predicted molar refractivity (Wildman–Crippen MR) is 126 cm³/mol. The zero-order valence-electron chi connectivity index (χ0n) is 18.4. The van der Waals surface area contributed by atoms with Crippen LogP contribution in [0.3, 0.4) is 0 Å². The van der Waals surface area contributed by atoms with Gasteiger partial charge in [0.15, 0.2) is 0 Å². The van der Waals surface area contributed by atoms with Gasteiger partial charge < -0.3 is 14.4 Å². The van der Waals surface area contributed by atoms with Crippen molar-refractivity contribution in [2.45, 2.75) is 38.0 Å². The molecule has 2 atom stereocenters. The molecular weight excluding hydrogens is 424 g/mol. The van der Waals surface area contributed by atoms with E-state index in [-0.39, 0.29) is 30.2 Å². The van der Waals surface area contributed by atoms with Gasteiger partial charge in [0.2, 0.25) is 5.91 Å². The average molecular weight is 455 g/mol. The summed E-state index contributed by atoms with van der Waals surface area (Å²) in [6.45, 7) is 3.99. The van der Waals surface area contributed by atoms with Crippen molar-refractivity contribution >= 4 is 23.8 Å². The van der Waals surface area contributed by atoms with E-state index in [0.717, 1.165) is 29.9 Å². The lowest BCUT2D eigenvalue weighted by Crippen LogP contribution is -2.49. The number of thioether (sulfide) groups is 1.